The molecular weight excluding hydrogens is 306 g/mol. The second-order valence-corrected chi connectivity index (χ2v) is 6.66. The smallest absolute Gasteiger partial charge is 0.159 e. The highest BCUT2D eigenvalue weighted by molar-refractivity contribution is 5.97. The number of aryl methyl sites for hydroxylation is 1. The van der Waals surface area contributed by atoms with Crippen LogP contribution in [0.3, 0.4) is 0 Å². The Morgan fingerprint density at radius 1 is 1.04 bits per heavy atom. The lowest BCUT2D eigenvalue weighted by atomic mass is 9.99. The number of allylic oxidation sites excluding steroid dienone is 7. The zero-order valence-electron chi connectivity index (χ0n) is 16.1. The second kappa shape index (κ2) is 7.52. The largest absolute Gasteiger partial charge is 0.319 e. The van der Waals surface area contributed by atoms with Crippen LogP contribution in [0.1, 0.15) is 45.7 Å². The summed E-state index contributed by atoms with van der Waals surface area (Å²) in [4.78, 5) is 13.8. The van der Waals surface area contributed by atoms with Gasteiger partial charge in [-0.2, -0.15) is 0 Å². The van der Waals surface area contributed by atoms with Crippen LogP contribution in [0, 0.1) is 6.92 Å². The van der Waals surface area contributed by atoms with Crippen molar-refractivity contribution in [3.8, 4) is 0 Å². The molecule has 2 heteroatoms. The Kier molecular flexibility index (Phi) is 5.63. The van der Waals surface area contributed by atoms with Crippen molar-refractivity contribution < 1.29 is 4.79 Å². The van der Waals surface area contributed by atoms with E-state index in [4.69, 9.17) is 0 Å². The minimum Gasteiger partial charge on any atom is -0.319 e. The highest BCUT2D eigenvalue weighted by Gasteiger charge is 2.19. The van der Waals surface area contributed by atoms with E-state index in [0.717, 1.165) is 17.1 Å². The number of benzene rings is 1. The number of rotatable bonds is 4. The summed E-state index contributed by atoms with van der Waals surface area (Å²) in [6, 6.07) is 8.37. The third-order valence-corrected chi connectivity index (χ3v) is 4.76. The fraction of sp³-hybridized carbons (Fsp3) is 0.261. The summed E-state index contributed by atoms with van der Waals surface area (Å²) in [5.74, 6) is 0.0640. The average molecular weight is 333 g/mol. The molecule has 1 heterocycles. The van der Waals surface area contributed by atoms with Crippen molar-refractivity contribution in [3.05, 3.63) is 87.9 Å². The third kappa shape index (κ3) is 4.08. The summed E-state index contributed by atoms with van der Waals surface area (Å²) in [5, 5.41) is 0. The first-order valence-corrected chi connectivity index (χ1v) is 8.54. The Bertz CT molecular complexity index is 847. The fourth-order valence-electron chi connectivity index (χ4n) is 3.03. The van der Waals surface area contributed by atoms with E-state index < -0.39 is 0 Å². The minimum absolute atomic E-state index is 0.0640. The van der Waals surface area contributed by atoms with Crippen molar-refractivity contribution in [1.29, 1.82) is 0 Å². The summed E-state index contributed by atoms with van der Waals surface area (Å²) in [7, 11) is 0. The predicted octanol–water partition coefficient (Wildman–Crippen LogP) is 5.94. The van der Waals surface area contributed by atoms with E-state index in [1.54, 1.807) is 6.92 Å². The highest BCUT2D eigenvalue weighted by atomic mass is 16.1. The Morgan fingerprint density at radius 2 is 1.68 bits per heavy atom. The summed E-state index contributed by atoms with van der Waals surface area (Å²) in [6.07, 6.45) is 6.00. The molecule has 0 aromatic heterocycles. The first-order chi connectivity index (χ1) is 11.7. The molecule has 0 N–H and O–H groups in total. The molecule has 0 radical (unpaired) electrons. The first kappa shape index (κ1) is 18.7. The van der Waals surface area contributed by atoms with E-state index in [0.29, 0.717) is 5.57 Å². The van der Waals surface area contributed by atoms with Gasteiger partial charge in [0.2, 0.25) is 0 Å². The lowest BCUT2D eigenvalue weighted by Crippen LogP contribution is -2.22. The Morgan fingerprint density at radius 3 is 2.24 bits per heavy atom. The molecule has 0 atom stereocenters. The molecule has 1 aromatic carbocycles. The quantitative estimate of drug-likeness (QED) is 0.635. The Balaban J connectivity index is 2.39. The summed E-state index contributed by atoms with van der Waals surface area (Å²) >= 11 is 0. The number of Topliss-reactive ketones (excluding diaryl/α,β-unsaturated/α-hetero) is 1. The molecule has 1 aromatic rings. The molecule has 130 valence electrons. The van der Waals surface area contributed by atoms with Crippen LogP contribution in [-0.4, -0.2) is 10.7 Å². The molecule has 0 aliphatic carbocycles. The van der Waals surface area contributed by atoms with Crippen molar-refractivity contribution in [1.82, 2.24) is 4.90 Å². The van der Waals surface area contributed by atoms with E-state index >= 15 is 0 Å². The minimum atomic E-state index is 0.0640. The van der Waals surface area contributed by atoms with Crippen molar-refractivity contribution in [3.63, 3.8) is 0 Å². The molecule has 2 nitrogen and oxygen atoms in total. The molecule has 0 amide bonds. The van der Waals surface area contributed by atoms with Gasteiger partial charge in [0.1, 0.15) is 0 Å². The lowest BCUT2D eigenvalue weighted by molar-refractivity contribution is -0.113. The number of hydrogen-bond donors (Lipinski definition) is 0. The highest BCUT2D eigenvalue weighted by Crippen LogP contribution is 2.30. The van der Waals surface area contributed by atoms with Gasteiger partial charge in [0.05, 0.1) is 0 Å². The van der Waals surface area contributed by atoms with E-state index in [1.807, 2.05) is 19.1 Å². The topological polar surface area (TPSA) is 20.3 Å². The molecule has 2 rings (SSSR count). The van der Waals surface area contributed by atoms with Crippen molar-refractivity contribution in [2.45, 2.75) is 41.5 Å². The van der Waals surface area contributed by atoms with Crippen LogP contribution in [0.4, 0.5) is 0 Å². The van der Waals surface area contributed by atoms with Crippen LogP contribution in [0.2, 0.25) is 0 Å². The van der Waals surface area contributed by atoms with Crippen LogP contribution in [0.25, 0.3) is 6.08 Å². The average Bonchev–Trinajstić information content (AvgIpc) is 2.55. The van der Waals surface area contributed by atoms with E-state index in [9.17, 15) is 4.79 Å². The maximum Gasteiger partial charge on any atom is 0.159 e. The predicted molar refractivity (Wildman–Crippen MR) is 107 cm³/mol. The van der Waals surface area contributed by atoms with E-state index in [-0.39, 0.29) is 5.78 Å². The summed E-state index contributed by atoms with van der Waals surface area (Å²) in [5.41, 5.74) is 8.58. The monoisotopic (exact) mass is 333 g/mol. The number of carbonyl (C=O) groups excluding carboxylic acids is 1. The van der Waals surface area contributed by atoms with Gasteiger partial charge in [0.25, 0.3) is 0 Å². The normalized spacial score (nSPS) is 16.3. The number of hydrogen-bond acceptors (Lipinski definition) is 2. The second-order valence-electron chi connectivity index (χ2n) is 6.66. The maximum absolute atomic E-state index is 11.7. The van der Waals surface area contributed by atoms with Gasteiger partial charge in [0.15, 0.2) is 5.78 Å². The van der Waals surface area contributed by atoms with E-state index in [1.165, 1.54) is 22.3 Å². The lowest BCUT2D eigenvalue weighted by Gasteiger charge is -2.31. The van der Waals surface area contributed by atoms with Gasteiger partial charge in [-0.3, -0.25) is 4.79 Å². The Hall–Kier alpha value is -2.61. The van der Waals surface area contributed by atoms with Gasteiger partial charge >= 0.3 is 0 Å². The molecule has 0 bridgehead atoms. The SMILES string of the molecule is C=C1C=C(C(C)=O)C=C(C)N1/C(C)=C(C)/C(C)=C/c1ccccc1C. The number of ketones is 1. The first-order valence-electron chi connectivity index (χ1n) is 8.54. The van der Waals surface area contributed by atoms with Gasteiger partial charge in [0, 0.05) is 22.7 Å². The van der Waals surface area contributed by atoms with Crippen LogP contribution in [0.15, 0.2) is 76.8 Å². The molecule has 0 unspecified atom stereocenters. The molecule has 0 fully saturated rings. The van der Waals surface area contributed by atoms with Gasteiger partial charge in [-0.25, -0.2) is 0 Å². The van der Waals surface area contributed by atoms with Crippen molar-refractivity contribution in [2.75, 3.05) is 0 Å². The molecular formula is C23H27NO. The number of nitrogens with zero attached hydrogens (tertiary/aromatic N) is 1. The van der Waals surface area contributed by atoms with Gasteiger partial charge in [-0.15, -0.1) is 0 Å². The van der Waals surface area contributed by atoms with Gasteiger partial charge in [-0.1, -0.05) is 36.9 Å². The molecule has 1 aliphatic rings. The zero-order chi connectivity index (χ0) is 18.7. The summed E-state index contributed by atoms with van der Waals surface area (Å²) < 4.78 is 0. The third-order valence-electron chi connectivity index (χ3n) is 4.76. The van der Waals surface area contributed by atoms with Crippen LogP contribution < -0.4 is 0 Å². The van der Waals surface area contributed by atoms with Crippen LogP contribution in [0.5, 0.6) is 0 Å². The number of carbonyl (C=O) groups is 1. The van der Waals surface area contributed by atoms with E-state index in [2.05, 4.69) is 69.5 Å². The maximum atomic E-state index is 11.7. The van der Waals surface area contributed by atoms with Crippen LogP contribution in [-0.2, 0) is 4.79 Å². The molecule has 0 saturated carbocycles. The zero-order valence-corrected chi connectivity index (χ0v) is 16.1. The van der Waals surface area contributed by atoms with Crippen molar-refractivity contribution >= 4 is 11.9 Å². The standard InChI is InChI=1S/C23H27NO/c1-15-10-8-9-11-22(15)12-16(2)19(5)20(6)24-17(3)13-23(21(7)25)14-18(24)4/h8-14H,3H2,1-2,4-7H3/b16-12+,20-19+. The summed E-state index contributed by atoms with van der Waals surface area (Å²) in [6.45, 7) is 16.2. The fourth-order valence-corrected chi connectivity index (χ4v) is 3.03. The van der Waals surface area contributed by atoms with Crippen LogP contribution >= 0.6 is 0 Å². The van der Waals surface area contributed by atoms with Gasteiger partial charge in [-0.05, 0) is 76.0 Å². The Labute approximate surface area is 151 Å². The molecule has 1 aliphatic heterocycles. The van der Waals surface area contributed by atoms with Gasteiger partial charge < -0.3 is 4.90 Å². The molecule has 25 heavy (non-hydrogen) atoms. The molecule has 0 saturated heterocycles. The molecule has 0 spiro atoms. The van der Waals surface area contributed by atoms with Crippen molar-refractivity contribution in [2.24, 2.45) is 0 Å².